The Bertz CT molecular complexity index is 889. The van der Waals surface area contributed by atoms with Gasteiger partial charge in [-0.15, -0.1) is 0 Å². The minimum atomic E-state index is -1.08. The van der Waals surface area contributed by atoms with Crippen molar-refractivity contribution >= 4 is 5.97 Å². The SMILES string of the molecule is COc1ccc(Oc2ccnc(-c3cnn(C)c3)c2)cc1C(=O)O. The fourth-order valence-corrected chi connectivity index (χ4v) is 2.24. The Kier molecular flexibility index (Phi) is 4.15. The molecule has 0 aliphatic heterocycles. The van der Waals surface area contributed by atoms with Crippen molar-refractivity contribution < 1.29 is 19.4 Å². The third-order valence-electron chi connectivity index (χ3n) is 3.37. The van der Waals surface area contributed by atoms with Gasteiger partial charge in [0, 0.05) is 31.1 Å². The molecule has 0 bridgehead atoms. The Morgan fingerprint density at radius 2 is 2.00 bits per heavy atom. The standard InChI is InChI=1S/C17H15N3O4/c1-20-10-11(9-19-20)15-8-13(5-6-18-15)24-12-3-4-16(23-2)14(7-12)17(21)22/h3-10H,1-2H3,(H,21,22). The number of pyridine rings is 1. The Hall–Kier alpha value is -3.35. The van der Waals surface area contributed by atoms with Crippen molar-refractivity contribution in [2.75, 3.05) is 7.11 Å². The maximum Gasteiger partial charge on any atom is 0.339 e. The van der Waals surface area contributed by atoms with Crippen LogP contribution in [-0.4, -0.2) is 33.0 Å². The van der Waals surface area contributed by atoms with Gasteiger partial charge in [0.1, 0.15) is 22.8 Å². The molecule has 0 fully saturated rings. The number of aryl methyl sites for hydroxylation is 1. The first-order valence-corrected chi connectivity index (χ1v) is 7.11. The summed E-state index contributed by atoms with van der Waals surface area (Å²) in [5.74, 6) is 0.144. The van der Waals surface area contributed by atoms with Crippen molar-refractivity contribution in [1.82, 2.24) is 14.8 Å². The van der Waals surface area contributed by atoms with Crippen molar-refractivity contribution in [3.05, 3.63) is 54.5 Å². The molecule has 122 valence electrons. The molecule has 0 unspecified atom stereocenters. The predicted molar refractivity (Wildman–Crippen MR) is 86.5 cm³/mol. The summed E-state index contributed by atoms with van der Waals surface area (Å²) in [6.45, 7) is 0. The summed E-state index contributed by atoms with van der Waals surface area (Å²) >= 11 is 0. The van der Waals surface area contributed by atoms with Crippen molar-refractivity contribution in [3.63, 3.8) is 0 Å². The first-order chi connectivity index (χ1) is 11.6. The lowest BCUT2D eigenvalue weighted by atomic mass is 10.2. The van der Waals surface area contributed by atoms with Crippen molar-refractivity contribution in [2.45, 2.75) is 0 Å². The molecule has 0 aliphatic carbocycles. The summed E-state index contributed by atoms with van der Waals surface area (Å²) in [6, 6.07) is 8.09. The Morgan fingerprint density at radius 3 is 2.67 bits per heavy atom. The molecule has 24 heavy (non-hydrogen) atoms. The van der Waals surface area contributed by atoms with Gasteiger partial charge in [0.2, 0.25) is 0 Å². The molecule has 1 N–H and O–H groups in total. The second-order valence-electron chi connectivity index (χ2n) is 5.05. The van der Waals surface area contributed by atoms with Gasteiger partial charge in [-0.3, -0.25) is 9.67 Å². The van der Waals surface area contributed by atoms with Gasteiger partial charge in [-0.05, 0) is 24.3 Å². The van der Waals surface area contributed by atoms with E-state index >= 15 is 0 Å². The number of benzene rings is 1. The molecule has 0 spiro atoms. The molecule has 0 amide bonds. The Morgan fingerprint density at radius 1 is 1.21 bits per heavy atom. The van der Waals surface area contributed by atoms with Crippen LogP contribution in [0, 0.1) is 0 Å². The van der Waals surface area contributed by atoms with E-state index in [2.05, 4.69) is 10.1 Å². The number of carboxylic acid groups (broad SMARTS) is 1. The topological polar surface area (TPSA) is 86.5 Å². The normalized spacial score (nSPS) is 10.4. The van der Waals surface area contributed by atoms with E-state index < -0.39 is 5.97 Å². The van der Waals surface area contributed by atoms with Gasteiger partial charge in [0.25, 0.3) is 0 Å². The van der Waals surface area contributed by atoms with Gasteiger partial charge in [-0.2, -0.15) is 5.10 Å². The number of hydrogen-bond donors (Lipinski definition) is 1. The minimum absolute atomic E-state index is 0.0385. The van der Waals surface area contributed by atoms with Gasteiger partial charge < -0.3 is 14.6 Å². The number of carbonyl (C=O) groups is 1. The summed E-state index contributed by atoms with van der Waals surface area (Å²) in [5, 5.41) is 13.3. The highest BCUT2D eigenvalue weighted by Crippen LogP contribution is 2.29. The second kappa shape index (κ2) is 6.41. The van der Waals surface area contributed by atoms with Gasteiger partial charge in [0.15, 0.2) is 0 Å². The molecule has 0 aliphatic rings. The number of ether oxygens (including phenoxy) is 2. The van der Waals surface area contributed by atoms with Crippen LogP contribution in [0.1, 0.15) is 10.4 Å². The minimum Gasteiger partial charge on any atom is -0.496 e. The lowest BCUT2D eigenvalue weighted by Gasteiger charge is -2.10. The van der Waals surface area contributed by atoms with Crippen LogP contribution in [0.3, 0.4) is 0 Å². The smallest absolute Gasteiger partial charge is 0.339 e. The highest BCUT2D eigenvalue weighted by molar-refractivity contribution is 5.91. The van der Waals surface area contributed by atoms with Crippen LogP contribution in [0.4, 0.5) is 0 Å². The van der Waals surface area contributed by atoms with Crippen molar-refractivity contribution in [3.8, 4) is 28.5 Å². The highest BCUT2D eigenvalue weighted by Gasteiger charge is 2.13. The molecule has 3 aromatic rings. The van der Waals surface area contributed by atoms with Crippen molar-refractivity contribution in [2.24, 2.45) is 7.05 Å². The zero-order valence-corrected chi connectivity index (χ0v) is 13.1. The predicted octanol–water partition coefficient (Wildman–Crippen LogP) is 2.98. The van der Waals surface area contributed by atoms with E-state index in [-0.39, 0.29) is 11.3 Å². The van der Waals surface area contributed by atoms with E-state index in [1.54, 1.807) is 41.3 Å². The molecule has 7 nitrogen and oxygen atoms in total. The van der Waals surface area contributed by atoms with Gasteiger partial charge >= 0.3 is 5.97 Å². The fourth-order valence-electron chi connectivity index (χ4n) is 2.24. The summed E-state index contributed by atoms with van der Waals surface area (Å²) in [5.41, 5.74) is 1.62. The first kappa shape index (κ1) is 15.5. The molecule has 7 heteroatoms. The van der Waals surface area contributed by atoms with Crippen LogP contribution < -0.4 is 9.47 Å². The van der Waals surface area contributed by atoms with E-state index in [1.165, 1.54) is 13.2 Å². The lowest BCUT2D eigenvalue weighted by Crippen LogP contribution is -2.00. The van der Waals surface area contributed by atoms with E-state index in [1.807, 2.05) is 13.2 Å². The third kappa shape index (κ3) is 3.19. The summed E-state index contributed by atoms with van der Waals surface area (Å²) in [7, 11) is 3.25. The molecule has 0 atom stereocenters. The molecule has 1 aromatic carbocycles. The molecular weight excluding hydrogens is 310 g/mol. The number of aromatic carboxylic acids is 1. The molecule has 3 rings (SSSR count). The number of hydrogen-bond acceptors (Lipinski definition) is 5. The molecule has 0 saturated carbocycles. The average Bonchev–Trinajstić information content (AvgIpc) is 3.01. The summed E-state index contributed by atoms with van der Waals surface area (Å²) < 4.78 is 12.5. The van der Waals surface area contributed by atoms with Crippen LogP contribution in [0.15, 0.2) is 48.9 Å². The van der Waals surface area contributed by atoms with Crippen LogP contribution in [0.5, 0.6) is 17.2 Å². The molecule has 2 aromatic heterocycles. The third-order valence-corrected chi connectivity index (χ3v) is 3.37. The summed E-state index contributed by atoms with van der Waals surface area (Å²) in [4.78, 5) is 15.6. The van der Waals surface area contributed by atoms with Crippen LogP contribution in [0.2, 0.25) is 0 Å². The Balaban J connectivity index is 1.89. The second-order valence-corrected chi connectivity index (χ2v) is 5.05. The van der Waals surface area contributed by atoms with E-state index in [0.717, 1.165) is 5.56 Å². The number of carboxylic acids is 1. The molecule has 0 radical (unpaired) electrons. The van der Waals surface area contributed by atoms with Crippen LogP contribution >= 0.6 is 0 Å². The zero-order valence-electron chi connectivity index (χ0n) is 13.1. The van der Waals surface area contributed by atoms with E-state index in [4.69, 9.17) is 9.47 Å². The van der Waals surface area contributed by atoms with Gasteiger partial charge in [-0.1, -0.05) is 0 Å². The maximum absolute atomic E-state index is 11.3. The van der Waals surface area contributed by atoms with E-state index in [0.29, 0.717) is 17.2 Å². The molecule has 2 heterocycles. The van der Waals surface area contributed by atoms with Crippen LogP contribution in [-0.2, 0) is 7.05 Å². The number of aromatic nitrogens is 3. The van der Waals surface area contributed by atoms with Gasteiger partial charge in [-0.25, -0.2) is 4.79 Å². The lowest BCUT2D eigenvalue weighted by molar-refractivity contribution is 0.0693. The monoisotopic (exact) mass is 325 g/mol. The molecular formula is C17H15N3O4. The first-order valence-electron chi connectivity index (χ1n) is 7.11. The number of nitrogens with zero attached hydrogens (tertiary/aromatic N) is 3. The molecule has 0 saturated heterocycles. The summed E-state index contributed by atoms with van der Waals surface area (Å²) in [6.07, 6.45) is 5.18. The number of methoxy groups -OCH3 is 1. The fraction of sp³-hybridized carbons (Fsp3) is 0.118. The van der Waals surface area contributed by atoms with Crippen molar-refractivity contribution in [1.29, 1.82) is 0 Å². The largest absolute Gasteiger partial charge is 0.496 e. The van der Waals surface area contributed by atoms with Gasteiger partial charge in [0.05, 0.1) is 19.0 Å². The van der Waals surface area contributed by atoms with E-state index in [9.17, 15) is 9.90 Å². The average molecular weight is 325 g/mol. The highest BCUT2D eigenvalue weighted by atomic mass is 16.5. The zero-order chi connectivity index (χ0) is 17.1. The maximum atomic E-state index is 11.3. The Labute approximate surface area is 138 Å². The number of rotatable bonds is 5. The quantitative estimate of drug-likeness (QED) is 0.776. The van der Waals surface area contributed by atoms with Crippen LogP contribution in [0.25, 0.3) is 11.3 Å².